The molecule has 0 atom stereocenters. The second-order valence-corrected chi connectivity index (χ2v) is 5.22. The third-order valence-electron chi connectivity index (χ3n) is 2.74. The molecular formula is C14H18N4. The summed E-state index contributed by atoms with van der Waals surface area (Å²) >= 11 is 0. The van der Waals surface area contributed by atoms with Crippen LogP contribution in [-0.2, 0) is 5.41 Å². The van der Waals surface area contributed by atoms with Gasteiger partial charge in [-0.25, -0.2) is 10.8 Å². The first-order valence-corrected chi connectivity index (χ1v) is 5.91. The molecule has 4 nitrogen and oxygen atoms in total. The van der Waals surface area contributed by atoms with Crippen molar-refractivity contribution in [1.82, 2.24) is 9.97 Å². The van der Waals surface area contributed by atoms with Crippen molar-refractivity contribution < 1.29 is 0 Å². The number of hydrogen-bond donors (Lipinski definition) is 2. The summed E-state index contributed by atoms with van der Waals surface area (Å²) in [5, 5.41) is 0. The zero-order valence-electron chi connectivity index (χ0n) is 10.9. The first kappa shape index (κ1) is 12.5. The second kappa shape index (κ2) is 4.74. The van der Waals surface area contributed by atoms with Crippen LogP contribution in [0.4, 0.5) is 5.82 Å². The van der Waals surface area contributed by atoms with Gasteiger partial charge in [-0.1, -0.05) is 20.8 Å². The summed E-state index contributed by atoms with van der Waals surface area (Å²) in [6, 6.07) is 7.90. The maximum Gasteiger partial charge on any atom is 0.140 e. The molecule has 18 heavy (non-hydrogen) atoms. The van der Waals surface area contributed by atoms with Crippen LogP contribution in [0.1, 0.15) is 26.5 Å². The zero-order valence-corrected chi connectivity index (χ0v) is 10.9. The Labute approximate surface area is 107 Å². The van der Waals surface area contributed by atoms with Crippen molar-refractivity contribution in [3.63, 3.8) is 0 Å². The van der Waals surface area contributed by atoms with E-state index >= 15 is 0 Å². The first-order chi connectivity index (χ1) is 8.52. The van der Waals surface area contributed by atoms with E-state index in [4.69, 9.17) is 5.84 Å². The van der Waals surface area contributed by atoms with Crippen molar-refractivity contribution >= 4 is 5.82 Å². The molecule has 2 aromatic heterocycles. The van der Waals surface area contributed by atoms with Crippen LogP contribution in [0.2, 0.25) is 0 Å². The predicted molar refractivity (Wildman–Crippen MR) is 74.0 cm³/mol. The van der Waals surface area contributed by atoms with Crippen molar-refractivity contribution in [2.75, 3.05) is 5.43 Å². The van der Waals surface area contributed by atoms with Gasteiger partial charge in [-0.3, -0.25) is 4.98 Å². The largest absolute Gasteiger partial charge is 0.308 e. The van der Waals surface area contributed by atoms with Gasteiger partial charge in [0.25, 0.3) is 0 Å². The van der Waals surface area contributed by atoms with Crippen LogP contribution in [0.5, 0.6) is 0 Å². The van der Waals surface area contributed by atoms with Crippen LogP contribution in [0.3, 0.4) is 0 Å². The van der Waals surface area contributed by atoms with Crippen molar-refractivity contribution in [1.29, 1.82) is 0 Å². The maximum atomic E-state index is 5.43. The molecule has 0 aliphatic carbocycles. The molecule has 0 fully saturated rings. The number of hydrazine groups is 1. The SMILES string of the molecule is CC(C)(C)c1nc(NN)ccc1-c1ccncc1. The van der Waals surface area contributed by atoms with Gasteiger partial charge in [0.05, 0.1) is 5.69 Å². The fraction of sp³-hybridized carbons (Fsp3) is 0.286. The second-order valence-electron chi connectivity index (χ2n) is 5.22. The fourth-order valence-electron chi connectivity index (χ4n) is 1.88. The molecule has 4 heteroatoms. The molecule has 2 heterocycles. The summed E-state index contributed by atoms with van der Waals surface area (Å²) < 4.78 is 0. The van der Waals surface area contributed by atoms with Crippen LogP contribution in [-0.4, -0.2) is 9.97 Å². The Bertz CT molecular complexity index is 529. The Morgan fingerprint density at radius 3 is 2.28 bits per heavy atom. The van der Waals surface area contributed by atoms with E-state index in [1.165, 1.54) is 0 Å². The van der Waals surface area contributed by atoms with Crippen molar-refractivity contribution in [3.8, 4) is 11.1 Å². The Morgan fingerprint density at radius 2 is 1.72 bits per heavy atom. The average Bonchev–Trinajstić information content (AvgIpc) is 2.38. The average molecular weight is 242 g/mol. The molecule has 0 aliphatic heterocycles. The number of nitrogens with two attached hydrogens (primary N) is 1. The normalized spacial score (nSPS) is 11.3. The van der Waals surface area contributed by atoms with Crippen LogP contribution >= 0.6 is 0 Å². The molecule has 0 radical (unpaired) electrons. The lowest BCUT2D eigenvalue weighted by Gasteiger charge is -2.22. The molecule has 3 N–H and O–H groups in total. The van der Waals surface area contributed by atoms with Gasteiger partial charge >= 0.3 is 0 Å². The number of hydrogen-bond acceptors (Lipinski definition) is 4. The zero-order chi connectivity index (χ0) is 13.2. The fourth-order valence-corrected chi connectivity index (χ4v) is 1.88. The summed E-state index contributed by atoms with van der Waals surface area (Å²) in [4.78, 5) is 8.63. The molecule has 0 bridgehead atoms. The summed E-state index contributed by atoms with van der Waals surface area (Å²) in [7, 11) is 0. The molecule has 2 aromatic rings. The lowest BCUT2D eigenvalue weighted by Crippen LogP contribution is -2.18. The minimum absolute atomic E-state index is 0.0501. The van der Waals surface area contributed by atoms with E-state index in [0.717, 1.165) is 16.8 Å². The molecule has 94 valence electrons. The number of pyridine rings is 2. The van der Waals surface area contributed by atoms with Gasteiger partial charge in [0.2, 0.25) is 0 Å². The summed E-state index contributed by atoms with van der Waals surface area (Å²) in [5.74, 6) is 6.11. The number of anilines is 1. The molecule has 0 amide bonds. The molecule has 0 unspecified atom stereocenters. The highest BCUT2D eigenvalue weighted by atomic mass is 15.2. The van der Waals surface area contributed by atoms with Gasteiger partial charge < -0.3 is 5.43 Å². The van der Waals surface area contributed by atoms with Gasteiger partial charge in [0.1, 0.15) is 5.82 Å². The van der Waals surface area contributed by atoms with E-state index in [0.29, 0.717) is 5.82 Å². The summed E-state index contributed by atoms with van der Waals surface area (Å²) in [6.07, 6.45) is 3.58. The standard InChI is InChI=1S/C14H18N4/c1-14(2,3)13-11(4-5-12(17-13)18-15)10-6-8-16-9-7-10/h4-9H,15H2,1-3H3,(H,17,18). The molecule has 0 spiro atoms. The smallest absolute Gasteiger partial charge is 0.140 e. The molecular weight excluding hydrogens is 224 g/mol. The highest BCUT2D eigenvalue weighted by molar-refractivity contribution is 5.68. The van der Waals surface area contributed by atoms with Gasteiger partial charge in [0.15, 0.2) is 0 Å². The third-order valence-corrected chi connectivity index (χ3v) is 2.74. The summed E-state index contributed by atoms with van der Waals surface area (Å²) in [5.41, 5.74) is 5.79. The van der Waals surface area contributed by atoms with Crippen molar-refractivity contribution in [3.05, 3.63) is 42.4 Å². The Kier molecular flexibility index (Phi) is 3.30. The van der Waals surface area contributed by atoms with Crippen LogP contribution in [0.25, 0.3) is 11.1 Å². The topological polar surface area (TPSA) is 63.8 Å². The van der Waals surface area contributed by atoms with E-state index in [9.17, 15) is 0 Å². The lowest BCUT2D eigenvalue weighted by atomic mass is 9.86. The van der Waals surface area contributed by atoms with E-state index in [2.05, 4.69) is 36.2 Å². The van der Waals surface area contributed by atoms with E-state index in [-0.39, 0.29) is 5.41 Å². The van der Waals surface area contributed by atoms with Crippen molar-refractivity contribution in [2.24, 2.45) is 5.84 Å². The monoisotopic (exact) mass is 242 g/mol. The Morgan fingerprint density at radius 1 is 1.06 bits per heavy atom. The van der Waals surface area contributed by atoms with Gasteiger partial charge in [0, 0.05) is 23.4 Å². The van der Waals surface area contributed by atoms with Crippen molar-refractivity contribution in [2.45, 2.75) is 26.2 Å². The van der Waals surface area contributed by atoms with Crippen LogP contribution in [0, 0.1) is 0 Å². The van der Waals surface area contributed by atoms with E-state index < -0.39 is 0 Å². The maximum absolute atomic E-state index is 5.43. The first-order valence-electron chi connectivity index (χ1n) is 5.91. The van der Waals surface area contributed by atoms with Gasteiger partial charge in [-0.05, 0) is 29.8 Å². The number of rotatable bonds is 2. The van der Waals surface area contributed by atoms with Gasteiger partial charge in [-0.15, -0.1) is 0 Å². The Balaban J connectivity index is 2.61. The minimum Gasteiger partial charge on any atom is -0.308 e. The summed E-state index contributed by atoms with van der Waals surface area (Å²) in [6.45, 7) is 6.42. The third kappa shape index (κ3) is 2.49. The van der Waals surface area contributed by atoms with Crippen LogP contribution < -0.4 is 11.3 Å². The molecule has 0 aromatic carbocycles. The molecule has 0 aliphatic rings. The lowest BCUT2D eigenvalue weighted by molar-refractivity contribution is 0.571. The highest BCUT2D eigenvalue weighted by Crippen LogP contribution is 2.32. The quantitative estimate of drug-likeness (QED) is 0.628. The number of aromatic nitrogens is 2. The Hall–Kier alpha value is -1.94. The predicted octanol–water partition coefficient (Wildman–Crippen LogP) is 2.73. The van der Waals surface area contributed by atoms with Gasteiger partial charge in [-0.2, -0.15) is 0 Å². The van der Waals surface area contributed by atoms with E-state index in [1.54, 1.807) is 12.4 Å². The van der Waals surface area contributed by atoms with Crippen LogP contribution in [0.15, 0.2) is 36.7 Å². The molecule has 2 rings (SSSR count). The minimum atomic E-state index is -0.0501. The highest BCUT2D eigenvalue weighted by Gasteiger charge is 2.21. The number of nitrogens with zero attached hydrogens (tertiary/aromatic N) is 2. The molecule has 0 saturated heterocycles. The number of nitrogen functional groups attached to an aromatic ring is 1. The molecule has 0 saturated carbocycles. The van der Waals surface area contributed by atoms with E-state index in [1.807, 2.05) is 24.3 Å². The number of nitrogens with one attached hydrogen (secondary N) is 1.